The van der Waals surface area contributed by atoms with Gasteiger partial charge in [0, 0.05) is 23.9 Å². The Hall–Kier alpha value is -0.830. The van der Waals surface area contributed by atoms with Gasteiger partial charge >= 0.3 is 0 Å². The number of hydrogen-bond acceptors (Lipinski definition) is 2. The van der Waals surface area contributed by atoms with E-state index in [9.17, 15) is 5.11 Å². The van der Waals surface area contributed by atoms with Gasteiger partial charge in [-0.3, -0.25) is 4.68 Å². The molecule has 1 fully saturated rings. The van der Waals surface area contributed by atoms with Crippen molar-refractivity contribution in [2.24, 2.45) is 5.92 Å². The van der Waals surface area contributed by atoms with E-state index in [4.69, 9.17) is 0 Å². The van der Waals surface area contributed by atoms with Crippen LogP contribution in [0.2, 0.25) is 0 Å². The Morgan fingerprint density at radius 3 is 2.73 bits per heavy atom. The second-order valence-electron chi connectivity index (χ2n) is 5.08. The molecule has 0 spiro atoms. The number of aliphatic hydroxyl groups excluding tert-OH is 1. The van der Waals surface area contributed by atoms with Crippen LogP contribution in [0.5, 0.6) is 0 Å². The number of rotatable bonds is 4. The molecule has 0 unspecified atom stereocenters. The van der Waals surface area contributed by atoms with Crippen LogP contribution < -0.4 is 0 Å². The molecule has 1 saturated carbocycles. The molecule has 1 aromatic heterocycles. The number of aliphatic hydroxyl groups is 1. The second-order valence-corrected chi connectivity index (χ2v) is 5.08. The van der Waals surface area contributed by atoms with Crippen LogP contribution in [0.25, 0.3) is 0 Å². The van der Waals surface area contributed by atoms with Crippen LogP contribution in [0.3, 0.4) is 0 Å². The third kappa shape index (κ3) is 1.81. The second kappa shape index (κ2) is 3.97. The van der Waals surface area contributed by atoms with Gasteiger partial charge in [0.1, 0.15) is 0 Å². The van der Waals surface area contributed by atoms with Crippen LogP contribution in [0.15, 0.2) is 12.3 Å². The normalized spacial score (nSPS) is 19.2. The van der Waals surface area contributed by atoms with Gasteiger partial charge in [-0.2, -0.15) is 5.10 Å². The van der Waals surface area contributed by atoms with Crippen LogP contribution >= 0.6 is 0 Å². The minimum atomic E-state index is 0.0192. The summed E-state index contributed by atoms with van der Waals surface area (Å²) in [4.78, 5) is 0. The van der Waals surface area contributed by atoms with E-state index in [0.29, 0.717) is 5.92 Å². The van der Waals surface area contributed by atoms with Crippen LogP contribution in [0.4, 0.5) is 0 Å². The smallest absolute Gasteiger partial charge is 0.0542 e. The molecule has 84 valence electrons. The van der Waals surface area contributed by atoms with Crippen LogP contribution in [-0.4, -0.2) is 21.5 Å². The van der Waals surface area contributed by atoms with E-state index in [-0.39, 0.29) is 12.0 Å². The van der Waals surface area contributed by atoms with Crippen LogP contribution in [0.1, 0.15) is 38.8 Å². The molecule has 0 amide bonds. The SMILES string of the molecule is CC(C)Cn1nccc1C1(CO)CCC1. The molecule has 0 radical (unpaired) electrons. The van der Waals surface area contributed by atoms with Crippen molar-refractivity contribution in [3.8, 4) is 0 Å². The van der Waals surface area contributed by atoms with E-state index in [1.165, 1.54) is 12.1 Å². The van der Waals surface area contributed by atoms with E-state index in [1.807, 2.05) is 6.20 Å². The third-order valence-corrected chi connectivity index (χ3v) is 3.41. The first kappa shape index (κ1) is 10.7. The van der Waals surface area contributed by atoms with Gasteiger partial charge in [0.15, 0.2) is 0 Å². The standard InChI is InChI=1S/C12H20N2O/c1-10(2)8-14-11(4-7-13-14)12(9-15)5-3-6-12/h4,7,10,15H,3,5-6,8-9H2,1-2H3. The molecule has 0 bridgehead atoms. The molecule has 0 atom stereocenters. The summed E-state index contributed by atoms with van der Waals surface area (Å²) in [6.45, 7) is 5.59. The van der Waals surface area contributed by atoms with Gasteiger partial charge in [-0.05, 0) is 24.8 Å². The van der Waals surface area contributed by atoms with Crippen molar-refractivity contribution in [3.05, 3.63) is 18.0 Å². The number of aromatic nitrogens is 2. The molecular weight excluding hydrogens is 188 g/mol. The van der Waals surface area contributed by atoms with E-state index in [2.05, 4.69) is 29.7 Å². The zero-order chi connectivity index (χ0) is 10.9. The molecule has 3 heteroatoms. The Bertz CT molecular complexity index is 321. The molecular formula is C12H20N2O. The van der Waals surface area contributed by atoms with Crippen molar-refractivity contribution in [1.82, 2.24) is 9.78 Å². The summed E-state index contributed by atoms with van der Waals surface area (Å²) in [5, 5.41) is 13.9. The maximum atomic E-state index is 9.53. The Morgan fingerprint density at radius 2 is 2.27 bits per heavy atom. The first-order chi connectivity index (χ1) is 7.18. The molecule has 1 aromatic rings. The van der Waals surface area contributed by atoms with Gasteiger partial charge in [0.05, 0.1) is 6.61 Å². The highest BCUT2D eigenvalue weighted by atomic mass is 16.3. The van der Waals surface area contributed by atoms with E-state index < -0.39 is 0 Å². The Labute approximate surface area is 91.1 Å². The van der Waals surface area contributed by atoms with Crippen molar-refractivity contribution in [2.45, 2.75) is 45.1 Å². The van der Waals surface area contributed by atoms with Gasteiger partial charge in [0.2, 0.25) is 0 Å². The average molecular weight is 208 g/mol. The molecule has 1 aliphatic rings. The Kier molecular flexibility index (Phi) is 2.83. The minimum absolute atomic E-state index is 0.0192. The van der Waals surface area contributed by atoms with Crippen molar-refractivity contribution < 1.29 is 5.11 Å². The van der Waals surface area contributed by atoms with E-state index in [0.717, 1.165) is 19.4 Å². The maximum absolute atomic E-state index is 9.53. The molecule has 1 heterocycles. The van der Waals surface area contributed by atoms with Gasteiger partial charge < -0.3 is 5.11 Å². The zero-order valence-corrected chi connectivity index (χ0v) is 9.61. The topological polar surface area (TPSA) is 38.0 Å². The molecule has 1 aliphatic carbocycles. The van der Waals surface area contributed by atoms with Crippen molar-refractivity contribution in [3.63, 3.8) is 0 Å². The van der Waals surface area contributed by atoms with E-state index in [1.54, 1.807) is 0 Å². The Balaban J connectivity index is 2.23. The first-order valence-corrected chi connectivity index (χ1v) is 5.81. The largest absolute Gasteiger partial charge is 0.395 e. The molecule has 3 nitrogen and oxygen atoms in total. The predicted molar refractivity (Wildman–Crippen MR) is 59.7 cm³/mol. The van der Waals surface area contributed by atoms with E-state index >= 15 is 0 Å². The van der Waals surface area contributed by atoms with Crippen molar-refractivity contribution >= 4 is 0 Å². The molecule has 0 aromatic carbocycles. The minimum Gasteiger partial charge on any atom is -0.395 e. The quantitative estimate of drug-likeness (QED) is 0.821. The lowest BCUT2D eigenvalue weighted by Crippen LogP contribution is -2.40. The lowest BCUT2D eigenvalue weighted by molar-refractivity contribution is 0.110. The van der Waals surface area contributed by atoms with Gasteiger partial charge in [-0.15, -0.1) is 0 Å². The highest BCUT2D eigenvalue weighted by molar-refractivity contribution is 5.20. The van der Waals surface area contributed by atoms with Crippen LogP contribution in [0, 0.1) is 5.92 Å². The molecule has 15 heavy (non-hydrogen) atoms. The fourth-order valence-corrected chi connectivity index (χ4v) is 2.37. The fourth-order valence-electron chi connectivity index (χ4n) is 2.37. The van der Waals surface area contributed by atoms with Crippen molar-refractivity contribution in [1.29, 1.82) is 0 Å². The third-order valence-electron chi connectivity index (χ3n) is 3.41. The summed E-state index contributed by atoms with van der Waals surface area (Å²) in [5.41, 5.74) is 1.25. The number of nitrogens with zero attached hydrogens (tertiary/aromatic N) is 2. The zero-order valence-electron chi connectivity index (χ0n) is 9.61. The van der Waals surface area contributed by atoms with Gasteiger partial charge in [-0.1, -0.05) is 20.3 Å². The molecule has 0 aliphatic heterocycles. The first-order valence-electron chi connectivity index (χ1n) is 5.81. The van der Waals surface area contributed by atoms with Gasteiger partial charge in [-0.25, -0.2) is 0 Å². The maximum Gasteiger partial charge on any atom is 0.0542 e. The molecule has 0 saturated heterocycles. The summed E-state index contributed by atoms with van der Waals surface area (Å²) in [6.07, 6.45) is 5.29. The van der Waals surface area contributed by atoms with Crippen LogP contribution in [-0.2, 0) is 12.0 Å². The fraction of sp³-hybridized carbons (Fsp3) is 0.750. The highest BCUT2D eigenvalue weighted by Crippen LogP contribution is 2.43. The summed E-state index contributed by atoms with van der Waals surface area (Å²) in [5.74, 6) is 0.597. The molecule has 2 rings (SSSR count). The van der Waals surface area contributed by atoms with Crippen molar-refractivity contribution in [2.75, 3.05) is 6.61 Å². The highest BCUT2D eigenvalue weighted by Gasteiger charge is 2.40. The Morgan fingerprint density at radius 1 is 1.53 bits per heavy atom. The average Bonchev–Trinajstić information content (AvgIpc) is 2.52. The summed E-state index contributed by atoms with van der Waals surface area (Å²) < 4.78 is 2.07. The van der Waals surface area contributed by atoms with Gasteiger partial charge in [0.25, 0.3) is 0 Å². The predicted octanol–water partition coefficient (Wildman–Crippen LogP) is 1.95. The lowest BCUT2D eigenvalue weighted by Gasteiger charge is -2.40. The molecule has 1 N–H and O–H groups in total. The summed E-state index contributed by atoms with van der Waals surface area (Å²) in [7, 11) is 0. The lowest BCUT2D eigenvalue weighted by atomic mass is 9.67. The number of hydrogen-bond donors (Lipinski definition) is 1. The summed E-state index contributed by atoms with van der Waals surface area (Å²) >= 11 is 0. The monoisotopic (exact) mass is 208 g/mol. The summed E-state index contributed by atoms with van der Waals surface area (Å²) in [6, 6.07) is 2.07.